The molecule has 3 nitrogen and oxygen atoms in total. The fraction of sp³-hybridized carbons (Fsp3) is 0.167. The molecule has 0 fully saturated rings. The van der Waals surface area contributed by atoms with Crippen LogP contribution in [-0.4, -0.2) is 17.2 Å². The molecule has 0 amide bonds. The molecule has 0 radical (unpaired) electrons. The van der Waals surface area contributed by atoms with E-state index in [2.05, 4.69) is 15.5 Å². The minimum Gasteiger partial charge on any atom is -0.309 e. The van der Waals surface area contributed by atoms with Crippen molar-refractivity contribution in [3.8, 4) is 0 Å². The Morgan fingerprint density at radius 2 is 2.06 bits per heavy atom. The highest BCUT2D eigenvalue weighted by atomic mass is 19.1. The van der Waals surface area contributed by atoms with Gasteiger partial charge in [-0.25, -0.2) is 4.39 Å². The van der Waals surface area contributed by atoms with E-state index in [1.807, 2.05) is 19.2 Å². The molecule has 0 aliphatic carbocycles. The van der Waals surface area contributed by atoms with Gasteiger partial charge in [0.2, 0.25) is 0 Å². The Hall–Kier alpha value is -1.81. The van der Waals surface area contributed by atoms with Crippen LogP contribution < -0.4 is 5.32 Å². The number of rotatable bonds is 3. The highest BCUT2D eigenvalue weighted by Gasteiger charge is 2.12. The highest BCUT2D eigenvalue weighted by molar-refractivity contribution is 5.29. The van der Waals surface area contributed by atoms with E-state index in [1.165, 1.54) is 12.1 Å². The van der Waals surface area contributed by atoms with Crippen molar-refractivity contribution in [1.29, 1.82) is 0 Å². The Morgan fingerprint density at radius 1 is 1.19 bits per heavy atom. The molecule has 2 aromatic rings. The van der Waals surface area contributed by atoms with Crippen LogP contribution in [0.15, 0.2) is 42.7 Å². The summed E-state index contributed by atoms with van der Waals surface area (Å²) >= 11 is 0. The van der Waals surface area contributed by atoms with Crippen molar-refractivity contribution in [2.45, 2.75) is 6.04 Å². The van der Waals surface area contributed by atoms with E-state index in [0.717, 1.165) is 11.1 Å². The number of halogens is 1. The van der Waals surface area contributed by atoms with E-state index < -0.39 is 0 Å². The second-order valence-corrected chi connectivity index (χ2v) is 3.45. The van der Waals surface area contributed by atoms with E-state index in [-0.39, 0.29) is 11.9 Å². The van der Waals surface area contributed by atoms with E-state index in [0.29, 0.717) is 0 Å². The highest BCUT2D eigenvalue weighted by Crippen LogP contribution is 2.20. The van der Waals surface area contributed by atoms with Gasteiger partial charge in [-0.2, -0.15) is 10.2 Å². The van der Waals surface area contributed by atoms with Crippen molar-refractivity contribution in [3.05, 3.63) is 59.7 Å². The Labute approximate surface area is 93.3 Å². The molecule has 1 aromatic carbocycles. The third-order valence-corrected chi connectivity index (χ3v) is 2.41. The molecular weight excluding hydrogens is 205 g/mol. The van der Waals surface area contributed by atoms with E-state index >= 15 is 0 Å². The first-order chi connectivity index (χ1) is 7.81. The summed E-state index contributed by atoms with van der Waals surface area (Å²) in [6.07, 6.45) is 3.30. The zero-order valence-corrected chi connectivity index (χ0v) is 8.89. The van der Waals surface area contributed by atoms with Gasteiger partial charge >= 0.3 is 0 Å². The minimum absolute atomic E-state index is 0.0637. The van der Waals surface area contributed by atoms with Crippen LogP contribution in [-0.2, 0) is 0 Å². The van der Waals surface area contributed by atoms with Crippen molar-refractivity contribution in [3.63, 3.8) is 0 Å². The number of hydrogen-bond donors (Lipinski definition) is 1. The lowest BCUT2D eigenvalue weighted by molar-refractivity contribution is 0.616. The largest absolute Gasteiger partial charge is 0.309 e. The predicted octanol–water partition coefficient (Wildman–Crippen LogP) is 1.92. The molecule has 0 saturated carbocycles. The molecule has 1 atom stereocenters. The maximum atomic E-state index is 13.1. The van der Waals surface area contributed by atoms with Crippen LogP contribution in [0, 0.1) is 5.82 Å². The van der Waals surface area contributed by atoms with Crippen molar-refractivity contribution in [1.82, 2.24) is 15.5 Å². The average molecular weight is 217 g/mol. The van der Waals surface area contributed by atoms with Gasteiger partial charge in [0.25, 0.3) is 0 Å². The number of benzene rings is 1. The van der Waals surface area contributed by atoms with Crippen LogP contribution in [0.5, 0.6) is 0 Å². The minimum atomic E-state index is -0.236. The Morgan fingerprint density at radius 3 is 2.69 bits per heavy atom. The summed E-state index contributed by atoms with van der Waals surface area (Å²) in [4.78, 5) is 0. The molecule has 4 heteroatoms. The van der Waals surface area contributed by atoms with Gasteiger partial charge in [0.05, 0.1) is 12.2 Å². The van der Waals surface area contributed by atoms with Crippen molar-refractivity contribution < 1.29 is 4.39 Å². The molecule has 0 bridgehead atoms. The van der Waals surface area contributed by atoms with Crippen LogP contribution in [0.3, 0.4) is 0 Å². The van der Waals surface area contributed by atoms with Gasteiger partial charge in [-0.3, -0.25) is 0 Å². The summed E-state index contributed by atoms with van der Waals surface area (Å²) in [5.74, 6) is -0.236. The molecule has 0 aliphatic heterocycles. The molecule has 1 N–H and O–H groups in total. The number of hydrogen-bond acceptors (Lipinski definition) is 3. The smallest absolute Gasteiger partial charge is 0.123 e. The first-order valence-electron chi connectivity index (χ1n) is 5.00. The predicted molar refractivity (Wildman–Crippen MR) is 59.3 cm³/mol. The van der Waals surface area contributed by atoms with E-state index in [9.17, 15) is 4.39 Å². The fourth-order valence-electron chi connectivity index (χ4n) is 1.68. The molecule has 82 valence electrons. The molecule has 0 saturated heterocycles. The zero-order chi connectivity index (χ0) is 11.4. The average Bonchev–Trinajstić information content (AvgIpc) is 2.31. The summed E-state index contributed by atoms with van der Waals surface area (Å²) in [5.41, 5.74) is 1.83. The van der Waals surface area contributed by atoms with E-state index in [4.69, 9.17) is 0 Å². The third-order valence-electron chi connectivity index (χ3n) is 2.41. The second kappa shape index (κ2) is 4.81. The second-order valence-electron chi connectivity index (χ2n) is 3.45. The van der Waals surface area contributed by atoms with Gasteiger partial charge in [-0.1, -0.05) is 12.1 Å². The first-order valence-corrected chi connectivity index (χ1v) is 5.00. The first kappa shape index (κ1) is 10.7. The van der Waals surface area contributed by atoms with E-state index in [1.54, 1.807) is 18.5 Å². The lowest BCUT2D eigenvalue weighted by atomic mass is 10.0. The maximum absolute atomic E-state index is 13.1. The van der Waals surface area contributed by atoms with Gasteiger partial charge in [0, 0.05) is 6.20 Å². The number of nitrogens with zero attached hydrogens (tertiary/aromatic N) is 2. The summed E-state index contributed by atoms with van der Waals surface area (Å²) in [5, 5.41) is 10.7. The summed E-state index contributed by atoms with van der Waals surface area (Å²) in [7, 11) is 1.83. The molecule has 0 aliphatic rings. The number of aromatic nitrogens is 2. The van der Waals surface area contributed by atoms with Crippen LogP contribution in [0.2, 0.25) is 0 Å². The van der Waals surface area contributed by atoms with Crippen LogP contribution in [0.4, 0.5) is 4.39 Å². The summed E-state index contributed by atoms with van der Waals surface area (Å²) < 4.78 is 13.1. The van der Waals surface area contributed by atoms with Crippen LogP contribution in [0.1, 0.15) is 17.2 Å². The van der Waals surface area contributed by atoms with Crippen LogP contribution in [0.25, 0.3) is 0 Å². The fourth-order valence-corrected chi connectivity index (χ4v) is 1.68. The Balaban J connectivity index is 2.37. The number of nitrogens with one attached hydrogen (secondary N) is 1. The standard InChI is InChI=1S/C12H12FN3/c1-14-12(10-5-6-15-16-8-10)9-3-2-4-11(13)7-9/h2-8,12,14H,1H3. The monoisotopic (exact) mass is 217 g/mol. The SMILES string of the molecule is CNC(c1ccnnc1)c1cccc(F)c1. The Bertz CT molecular complexity index is 459. The molecule has 0 spiro atoms. The molecule has 1 heterocycles. The summed E-state index contributed by atoms with van der Waals surface area (Å²) in [6, 6.07) is 8.32. The molecule has 2 rings (SSSR count). The van der Waals surface area contributed by atoms with Gasteiger partial charge in [-0.15, -0.1) is 0 Å². The quantitative estimate of drug-likeness (QED) is 0.853. The van der Waals surface area contributed by atoms with Crippen LogP contribution >= 0.6 is 0 Å². The molecule has 1 aromatic heterocycles. The lowest BCUT2D eigenvalue weighted by Gasteiger charge is -2.16. The molecule has 16 heavy (non-hydrogen) atoms. The van der Waals surface area contributed by atoms with Gasteiger partial charge < -0.3 is 5.32 Å². The lowest BCUT2D eigenvalue weighted by Crippen LogP contribution is -2.18. The maximum Gasteiger partial charge on any atom is 0.123 e. The van der Waals surface area contributed by atoms with Crippen molar-refractivity contribution in [2.75, 3.05) is 7.05 Å². The van der Waals surface area contributed by atoms with Gasteiger partial charge in [0.1, 0.15) is 5.82 Å². The topological polar surface area (TPSA) is 37.8 Å². The van der Waals surface area contributed by atoms with Gasteiger partial charge in [-0.05, 0) is 36.4 Å². The van der Waals surface area contributed by atoms with Gasteiger partial charge in [0.15, 0.2) is 0 Å². The zero-order valence-electron chi connectivity index (χ0n) is 8.89. The summed E-state index contributed by atoms with van der Waals surface area (Å²) in [6.45, 7) is 0. The molecule has 1 unspecified atom stereocenters. The Kier molecular flexibility index (Phi) is 3.22. The normalized spacial score (nSPS) is 12.4. The third kappa shape index (κ3) is 2.23. The van der Waals surface area contributed by atoms with Crippen molar-refractivity contribution in [2.24, 2.45) is 0 Å². The van der Waals surface area contributed by atoms with Crippen molar-refractivity contribution >= 4 is 0 Å². The molecular formula is C12H12FN3.